The van der Waals surface area contributed by atoms with E-state index in [2.05, 4.69) is 82.6 Å². The van der Waals surface area contributed by atoms with E-state index in [1.807, 2.05) is 6.56 Å². The molecule has 0 spiro atoms. The topological polar surface area (TPSA) is 0 Å². The molecule has 22 heavy (non-hydrogen) atoms. The second-order valence-corrected chi connectivity index (χ2v) is 82.8. The Bertz CT molecular complexity index is 560. The SMILES string of the molecule is C[Si](C)(C)[Zr](=[SiH2])([C]1=CC=CC1)([C]1=CC=CC1)[Si](C)(C)C.Cl.Cl. The maximum absolute atomic E-state index is 3.08. The molecule has 0 radical (unpaired) electrons. The molecule has 0 N–H and O–H groups in total. The Kier molecular flexibility index (Phi) is 7.48. The van der Waals surface area contributed by atoms with E-state index >= 15 is 0 Å². The van der Waals surface area contributed by atoms with Crippen molar-refractivity contribution in [2.45, 2.75) is 52.1 Å². The fourth-order valence-corrected chi connectivity index (χ4v) is 110. The van der Waals surface area contributed by atoms with Gasteiger partial charge in [-0.1, -0.05) is 0 Å². The predicted octanol–water partition coefficient (Wildman–Crippen LogP) is 5.43. The molecule has 2 aliphatic rings. The van der Waals surface area contributed by atoms with Gasteiger partial charge in [0.15, 0.2) is 0 Å². The van der Waals surface area contributed by atoms with Crippen molar-refractivity contribution >= 4 is 42.1 Å². The van der Waals surface area contributed by atoms with E-state index in [9.17, 15) is 0 Å². The van der Waals surface area contributed by atoms with Crippen LogP contribution in [0.5, 0.6) is 0 Å². The second kappa shape index (κ2) is 7.13. The number of rotatable bonds is 4. The van der Waals surface area contributed by atoms with Gasteiger partial charge in [0, 0.05) is 0 Å². The van der Waals surface area contributed by atoms with Crippen LogP contribution in [0.2, 0.25) is 39.3 Å². The van der Waals surface area contributed by atoms with Gasteiger partial charge in [0.2, 0.25) is 0 Å². The molecule has 0 aromatic carbocycles. The molecular formula is C16H32Cl2Si3Zr. The van der Waals surface area contributed by atoms with E-state index in [1.54, 1.807) is 0 Å². The summed E-state index contributed by atoms with van der Waals surface area (Å²) in [6, 6.07) is 0. The van der Waals surface area contributed by atoms with Crippen LogP contribution in [0.3, 0.4) is 0 Å². The zero-order chi connectivity index (χ0) is 15.3. The number of allylic oxidation sites excluding steroid dienone is 8. The molecule has 0 aromatic rings. The smallest absolute Gasteiger partial charge is 0.147 e. The van der Waals surface area contributed by atoms with Crippen LogP contribution in [-0.4, -0.2) is 17.3 Å². The number of hydrogen-bond acceptors (Lipinski definition) is 0. The molecule has 0 aliphatic heterocycles. The monoisotopic (exact) mass is 468 g/mol. The molecule has 0 bridgehead atoms. The average molecular weight is 471 g/mol. The molecule has 0 nitrogen and oxygen atoms in total. The van der Waals surface area contributed by atoms with Gasteiger partial charge in [0.1, 0.15) is 0 Å². The normalized spacial score (nSPS) is 18.5. The Morgan fingerprint density at radius 1 is 0.773 bits per heavy atom. The summed E-state index contributed by atoms with van der Waals surface area (Å²) < 4.78 is 3.83. The number of halogens is 2. The van der Waals surface area contributed by atoms with E-state index < -0.39 is 26.1 Å². The van der Waals surface area contributed by atoms with Crippen molar-refractivity contribution in [1.82, 2.24) is 0 Å². The van der Waals surface area contributed by atoms with Crippen molar-refractivity contribution in [3.63, 3.8) is 0 Å². The third-order valence-corrected chi connectivity index (χ3v) is 148. The van der Waals surface area contributed by atoms with Crippen LogP contribution in [0, 0.1) is 0 Å². The summed E-state index contributed by atoms with van der Waals surface area (Å²) in [4.78, 5) is 0. The van der Waals surface area contributed by atoms with Crippen molar-refractivity contribution in [3.05, 3.63) is 43.0 Å². The second-order valence-electron chi connectivity index (χ2n) is 8.61. The van der Waals surface area contributed by atoms with Crippen LogP contribution >= 0.6 is 24.8 Å². The van der Waals surface area contributed by atoms with Gasteiger partial charge in [-0.05, 0) is 0 Å². The average Bonchev–Trinajstić information content (AvgIpc) is 2.98. The first kappa shape index (κ1) is 23.1. The van der Waals surface area contributed by atoms with Crippen molar-refractivity contribution in [3.8, 4) is 0 Å². The van der Waals surface area contributed by atoms with Crippen LogP contribution in [-0.2, 0) is 15.7 Å². The van der Waals surface area contributed by atoms with Crippen molar-refractivity contribution in [2.75, 3.05) is 0 Å². The standard InChI is InChI=1S/2C5H5.2C3H9Si.2ClH.H2Si.Zr/c2*1-2-4-5-3-1;2*1-4(2)3;;;;/h2*1-3H,4H2;2*1-3H3;2*1H;1H2;. The van der Waals surface area contributed by atoms with Gasteiger partial charge < -0.3 is 0 Å². The zero-order valence-electron chi connectivity index (χ0n) is 14.9. The third-order valence-electron chi connectivity index (χ3n) is 6.27. The molecule has 0 atom stereocenters. The largest absolute Gasteiger partial charge is 0.147 e. The Hall–Kier alpha value is 1.07. The maximum Gasteiger partial charge on any atom is -0.147 e. The van der Waals surface area contributed by atoms with Gasteiger partial charge in [0.05, 0.1) is 0 Å². The predicted molar refractivity (Wildman–Crippen MR) is 113 cm³/mol. The minimum absolute atomic E-state index is 0. The van der Waals surface area contributed by atoms with Gasteiger partial charge in [-0.25, -0.2) is 0 Å². The van der Waals surface area contributed by atoms with E-state index in [-0.39, 0.29) is 24.8 Å². The Morgan fingerprint density at radius 3 is 1.27 bits per heavy atom. The molecule has 0 amide bonds. The summed E-state index contributed by atoms with van der Waals surface area (Å²) >= 11 is -3.08. The minimum atomic E-state index is -3.08. The summed E-state index contributed by atoms with van der Waals surface area (Å²) in [5.41, 5.74) is 0. The molecule has 126 valence electrons. The molecular weight excluding hydrogens is 439 g/mol. The van der Waals surface area contributed by atoms with Crippen molar-refractivity contribution in [1.29, 1.82) is 0 Å². The van der Waals surface area contributed by atoms with E-state index in [1.165, 1.54) is 12.8 Å². The Morgan fingerprint density at radius 2 is 1.09 bits per heavy atom. The fraction of sp³-hybridized carbons (Fsp3) is 0.500. The van der Waals surface area contributed by atoms with E-state index in [0.29, 0.717) is 0 Å². The first-order chi connectivity index (χ1) is 9.04. The number of hydrogen-bond donors (Lipinski definition) is 0. The van der Waals surface area contributed by atoms with E-state index in [4.69, 9.17) is 0 Å². The minimum Gasteiger partial charge on any atom is -0.147 e. The summed E-state index contributed by atoms with van der Waals surface area (Å²) in [5, 5.41) is -2.52. The molecule has 0 saturated heterocycles. The molecule has 2 rings (SSSR count). The van der Waals surface area contributed by atoms with Gasteiger partial charge in [-0.3, -0.25) is 0 Å². The molecule has 0 fully saturated rings. The summed E-state index contributed by atoms with van der Waals surface area (Å²) in [6.45, 7) is 18.7. The third kappa shape index (κ3) is 2.80. The van der Waals surface area contributed by atoms with Crippen molar-refractivity contribution < 1.29 is 15.7 Å². The van der Waals surface area contributed by atoms with Crippen LogP contribution in [0.1, 0.15) is 12.8 Å². The van der Waals surface area contributed by atoms with Crippen LogP contribution in [0.15, 0.2) is 43.0 Å². The van der Waals surface area contributed by atoms with E-state index in [0.717, 1.165) is 0 Å². The first-order valence-electron chi connectivity index (χ1n) is 7.79. The molecule has 0 saturated carbocycles. The summed E-state index contributed by atoms with van der Waals surface area (Å²) in [6.07, 6.45) is 17.0. The van der Waals surface area contributed by atoms with Crippen LogP contribution in [0.25, 0.3) is 0 Å². The molecule has 2 aliphatic carbocycles. The van der Waals surface area contributed by atoms with Crippen LogP contribution < -0.4 is 0 Å². The first-order valence-corrected chi connectivity index (χ1v) is 30.5. The fourth-order valence-electron chi connectivity index (χ4n) is 4.97. The molecule has 0 heterocycles. The van der Waals surface area contributed by atoms with Crippen molar-refractivity contribution in [2.24, 2.45) is 0 Å². The molecule has 0 aromatic heterocycles. The molecule has 0 unspecified atom stereocenters. The Balaban J connectivity index is 0.00000220. The van der Waals surface area contributed by atoms with Gasteiger partial charge in [0.25, 0.3) is 0 Å². The van der Waals surface area contributed by atoms with Gasteiger partial charge >= 0.3 is 128 Å². The zero-order valence-corrected chi connectivity index (χ0v) is 22.4. The Labute approximate surface area is 151 Å². The summed E-state index contributed by atoms with van der Waals surface area (Å²) in [7, 11) is 0. The quantitative estimate of drug-likeness (QED) is 0.481. The van der Waals surface area contributed by atoms with Gasteiger partial charge in [-0.15, -0.1) is 24.8 Å². The summed E-state index contributed by atoms with van der Waals surface area (Å²) in [5.74, 6) is 0. The van der Waals surface area contributed by atoms with Gasteiger partial charge in [-0.2, -0.15) is 0 Å². The molecule has 6 heteroatoms. The van der Waals surface area contributed by atoms with Crippen LogP contribution in [0.4, 0.5) is 0 Å². The maximum atomic E-state index is 2.68.